The fourth-order valence-electron chi connectivity index (χ4n) is 1.33. The van der Waals surface area contributed by atoms with Crippen molar-refractivity contribution in [2.45, 2.75) is 32.2 Å². The third kappa shape index (κ3) is 4.55. The first-order valence-corrected chi connectivity index (χ1v) is 5.95. The van der Waals surface area contributed by atoms with Gasteiger partial charge >= 0.3 is 0 Å². The van der Waals surface area contributed by atoms with Crippen molar-refractivity contribution in [2.75, 3.05) is 6.54 Å². The first kappa shape index (κ1) is 12.4. The quantitative estimate of drug-likeness (QED) is 0.632. The zero-order chi connectivity index (χ0) is 11.1. The summed E-state index contributed by atoms with van der Waals surface area (Å²) in [5, 5.41) is 3.39. The summed E-state index contributed by atoms with van der Waals surface area (Å²) in [6, 6.07) is 4.14. The largest absolute Gasteiger partial charge is 0.453 e. The van der Waals surface area contributed by atoms with Crippen LogP contribution < -0.4 is 5.32 Å². The molecule has 0 aliphatic rings. The Labute approximate surface area is 99.6 Å². The van der Waals surface area contributed by atoms with Gasteiger partial charge in [-0.25, -0.2) is 0 Å². The molecule has 0 saturated heterocycles. The maximum absolute atomic E-state index is 5.45. The summed E-state index contributed by atoms with van der Waals surface area (Å²) < 4.78 is 6.22. The average Bonchev–Trinajstić information content (AvgIpc) is 2.64. The highest BCUT2D eigenvalue weighted by atomic mass is 79.9. The van der Waals surface area contributed by atoms with E-state index < -0.39 is 0 Å². The fraction of sp³-hybridized carbons (Fsp3) is 0.500. The Balaban J connectivity index is 2.19. The minimum atomic E-state index is 0.252. The van der Waals surface area contributed by atoms with Gasteiger partial charge in [-0.05, 0) is 54.4 Å². The predicted molar refractivity (Wildman–Crippen MR) is 65.5 cm³/mol. The highest BCUT2D eigenvalue weighted by molar-refractivity contribution is 9.10. The van der Waals surface area contributed by atoms with E-state index in [0.717, 1.165) is 36.2 Å². The van der Waals surface area contributed by atoms with Gasteiger partial charge in [0.2, 0.25) is 0 Å². The van der Waals surface area contributed by atoms with Crippen LogP contribution in [0.2, 0.25) is 0 Å². The van der Waals surface area contributed by atoms with Crippen LogP contribution in [0.5, 0.6) is 0 Å². The second-order valence-electron chi connectivity index (χ2n) is 3.48. The summed E-state index contributed by atoms with van der Waals surface area (Å²) in [6.45, 7) is 3.06. The zero-order valence-electron chi connectivity index (χ0n) is 8.92. The molecule has 15 heavy (non-hydrogen) atoms. The molecule has 0 bridgehead atoms. The van der Waals surface area contributed by atoms with Crippen LogP contribution in [0, 0.1) is 12.3 Å². The van der Waals surface area contributed by atoms with E-state index in [-0.39, 0.29) is 6.04 Å². The lowest BCUT2D eigenvalue weighted by Gasteiger charge is -2.10. The molecule has 1 N–H and O–H groups in total. The van der Waals surface area contributed by atoms with Crippen LogP contribution in [0.3, 0.4) is 0 Å². The molecule has 1 aromatic heterocycles. The van der Waals surface area contributed by atoms with E-state index in [2.05, 4.69) is 34.1 Å². The normalized spacial score (nSPS) is 12.3. The Morgan fingerprint density at radius 3 is 2.93 bits per heavy atom. The summed E-state index contributed by atoms with van der Waals surface area (Å²) in [7, 11) is 0. The van der Waals surface area contributed by atoms with Gasteiger partial charge in [0.25, 0.3) is 0 Å². The van der Waals surface area contributed by atoms with E-state index in [9.17, 15) is 0 Å². The van der Waals surface area contributed by atoms with Crippen molar-refractivity contribution in [2.24, 2.45) is 0 Å². The number of hydrogen-bond acceptors (Lipinski definition) is 2. The molecule has 1 unspecified atom stereocenters. The van der Waals surface area contributed by atoms with Crippen molar-refractivity contribution in [3.05, 3.63) is 22.6 Å². The first-order chi connectivity index (χ1) is 7.24. The second-order valence-corrected chi connectivity index (χ2v) is 4.26. The van der Waals surface area contributed by atoms with Crippen molar-refractivity contribution >= 4 is 15.9 Å². The Morgan fingerprint density at radius 1 is 1.53 bits per heavy atom. The molecule has 1 atom stereocenters. The average molecular weight is 270 g/mol. The van der Waals surface area contributed by atoms with Crippen LogP contribution in [-0.2, 0) is 0 Å². The summed E-state index contributed by atoms with van der Waals surface area (Å²) in [4.78, 5) is 0. The first-order valence-electron chi connectivity index (χ1n) is 5.16. The van der Waals surface area contributed by atoms with Gasteiger partial charge in [0.15, 0.2) is 4.67 Å². The molecule has 0 aliphatic carbocycles. The summed E-state index contributed by atoms with van der Waals surface area (Å²) in [5.41, 5.74) is 0. The number of unbranched alkanes of at least 4 members (excludes halogenated alkanes) is 2. The maximum atomic E-state index is 5.45. The molecule has 0 amide bonds. The van der Waals surface area contributed by atoms with Gasteiger partial charge in [-0.2, -0.15) is 0 Å². The molecule has 82 valence electrons. The van der Waals surface area contributed by atoms with E-state index in [1.54, 1.807) is 0 Å². The van der Waals surface area contributed by atoms with Crippen LogP contribution in [0.15, 0.2) is 21.2 Å². The molecule has 3 heteroatoms. The Hall–Kier alpha value is -0.720. The number of hydrogen-bond donors (Lipinski definition) is 1. The Bertz CT molecular complexity index is 327. The molecule has 0 radical (unpaired) electrons. The molecule has 0 aromatic carbocycles. The Kier molecular flexibility index (Phi) is 5.52. The molecule has 0 saturated carbocycles. The lowest BCUT2D eigenvalue weighted by Crippen LogP contribution is -2.19. The van der Waals surface area contributed by atoms with E-state index in [0.29, 0.717) is 0 Å². The summed E-state index contributed by atoms with van der Waals surface area (Å²) >= 11 is 3.29. The van der Waals surface area contributed by atoms with Gasteiger partial charge in [0, 0.05) is 6.42 Å². The van der Waals surface area contributed by atoms with E-state index in [1.165, 1.54) is 0 Å². The fourth-order valence-corrected chi connectivity index (χ4v) is 1.65. The van der Waals surface area contributed by atoms with Crippen molar-refractivity contribution in [3.8, 4) is 12.3 Å². The topological polar surface area (TPSA) is 25.2 Å². The van der Waals surface area contributed by atoms with Crippen molar-refractivity contribution in [3.63, 3.8) is 0 Å². The number of terminal acetylenes is 1. The number of furan rings is 1. The van der Waals surface area contributed by atoms with Crippen LogP contribution in [0.4, 0.5) is 0 Å². The number of nitrogens with one attached hydrogen (secondary N) is 1. The van der Waals surface area contributed by atoms with Crippen molar-refractivity contribution in [1.29, 1.82) is 0 Å². The van der Waals surface area contributed by atoms with Crippen LogP contribution in [0.1, 0.15) is 38.0 Å². The third-order valence-electron chi connectivity index (χ3n) is 2.22. The molecule has 0 spiro atoms. The predicted octanol–water partition coefficient (Wildman–Crippen LogP) is 3.50. The highest BCUT2D eigenvalue weighted by Crippen LogP contribution is 2.19. The minimum absolute atomic E-state index is 0.252. The lowest BCUT2D eigenvalue weighted by atomic mass is 10.2. The van der Waals surface area contributed by atoms with Crippen LogP contribution >= 0.6 is 15.9 Å². The maximum Gasteiger partial charge on any atom is 0.169 e. The molecule has 1 heterocycles. The number of rotatable bonds is 6. The van der Waals surface area contributed by atoms with Crippen LogP contribution in [-0.4, -0.2) is 6.54 Å². The van der Waals surface area contributed by atoms with Crippen LogP contribution in [0.25, 0.3) is 0 Å². The van der Waals surface area contributed by atoms with Gasteiger partial charge in [-0.3, -0.25) is 0 Å². The molecule has 0 aliphatic heterocycles. The smallest absolute Gasteiger partial charge is 0.169 e. The summed E-state index contributed by atoms with van der Waals surface area (Å²) in [5.74, 6) is 3.60. The highest BCUT2D eigenvalue weighted by Gasteiger charge is 2.08. The van der Waals surface area contributed by atoms with Gasteiger partial charge in [-0.15, -0.1) is 12.3 Å². The van der Waals surface area contributed by atoms with E-state index in [1.807, 2.05) is 12.1 Å². The summed E-state index contributed by atoms with van der Waals surface area (Å²) in [6.07, 6.45) is 8.23. The SMILES string of the molecule is C#CCCCCNC(C)c1ccc(Br)o1. The third-order valence-corrected chi connectivity index (χ3v) is 2.65. The number of halogens is 1. The Morgan fingerprint density at radius 2 is 2.33 bits per heavy atom. The molecular formula is C12H16BrNO. The van der Waals surface area contributed by atoms with Gasteiger partial charge < -0.3 is 9.73 Å². The lowest BCUT2D eigenvalue weighted by molar-refractivity contribution is 0.416. The molecular weight excluding hydrogens is 254 g/mol. The van der Waals surface area contributed by atoms with Gasteiger partial charge in [0.05, 0.1) is 6.04 Å². The molecule has 1 rings (SSSR count). The van der Waals surface area contributed by atoms with Gasteiger partial charge in [0.1, 0.15) is 5.76 Å². The molecule has 0 fully saturated rings. The van der Waals surface area contributed by atoms with Gasteiger partial charge in [-0.1, -0.05) is 0 Å². The zero-order valence-corrected chi connectivity index (χ0v) is 10.5. The second kappa shape index (κ2) is 6.71. The van der Waals surface area contributed by atoms with E-state index >= 15 is 0 Å². The molecule has 1 aromatic rings. The molecule has 2 nitrogen and oxygen atoms in total. The van der Waals surface area contributed by atoms with Crippen molar-refractivity contribution in [1.82, 2.24) is 5.32 Å². The van der Waals surface area contributed by atoms with Crippen molar-refractivity contribution < 1.29 is 4.42 Å². The monoisotopic (exact) mass is 269 g/mol. The van der Waals surface area contributed by atoms with E-state index in [4.69, 9.17) is 10.8 Å². The minimum Gasteiger partial charge on any atom is -0.453 e. The standard InChI is InChI=1S/C12H16BrNO/c1-3-4-5-6-9-14-10(2)11-7-8-12(13)15-11/h1,7-8,10,14H,4-6,9H2,2H3.